The number of hydrogen-bond acceptors (Lipinski definition) is 3. The van der Waals surface area contributed by atoms with Crippen LogP contribution in [0.15, 0.2) is 12.4 Å². The Kier molecular flexibility index (Phi) is 4.63. The molecule has 0 spiro atoms. The molecule has 4 heteroatoms. The molecule has 1 aromatic heterocycles. The maximum atomic E-state index is 10.5. The fraction of sp³-hybridized carbons (Fsp3) is 0.800. The van der Waals surface area contributed by atoms with E-state index in [1.807, 2.05) is 20.2 Å². The lowest BCUT2D eigenvalue weighted by molar-refractivity contribution is 0.0552. The first-order valence-electron chi connectivity index (χ1n) is 7.39. The maximum Gasteiger partial charge on any atom is 0.102 e. The second-order valence-electron chi connectivity index (χ2n) is 6.43. The predicted octanol–water partition coefficient (Wildman–Crippen LogP) is 2.04. The molecule has 0 aromatic carbocycles. The summed E-state index contributed by atoms with van der Waals surface area (Å²) in [5, 5.41) is 18.0. The minimum Gasteiger partial charge on any atom is -0.384 e. The smallest absolute Gasteiger partial charge is 0.102 e. The van der Waals surface area contributed by atoms with Crippen molar-refractivity contribution in [3.8, 4) is 0 Å². The van der Waals surface area contributed by atoms with Crippen molar-refractivity contribution in [1.82, 2.24) is 15.1 Å². The van der Waals surface area contributed by atoms with E-state index in [0.29, 0.717) is 6.54 Å². The Balaban J connectivity index is 1.75. The first-order valence-corrected chi connectivity index (χ1v) is 7.39. The molecular formula is C15H27N3O. The molecule has 2 rings (SSSR count). The van der Waals surface area contributed by atoms with E-state index >= 15 is 0 Å². The van der Waals surface area contributed by atoms with Crippen LogP contribution in [0.1, 0.15) is 45.1 Å². The van der Waals surface area contributed by atoms with Gasteiger partial charge in [-0.1, -0.05) is 19.8 Å². The van der Waals surface area contributed by atoms with E-state index in [4.69, 9.17) is 0 Å². The van der Waals surface area contributed by atoms with Crippen LogP contribution in [0.2, 0.25) is 0 Å². The summed E-state index contributed by atoms with van der Waals surface area (Å²) in [5.74, 6) is 1.68. The molecule has 4 nitrogen and oxygen atoms in total. The van der Waals surface area contributed by atoms with Crippen molar-refractivity contribution >= 4 is 0 Å². The SMILES string of the molecule is CC1CCC(CNCC(C)(O)c2cnn(C)c2)CC1. The molecule has 1 fully saturated rings. The van der Waals surface area contributed by atoms with Gasteiger partial charge in [-0.25, -0.2) is 0 Å². The van der Waals surface area contributed by atoms with Crippen molar-refractivity contribution in [3.05, 3.63) is 18.0 Å². The molecule has 1 aromatic rings. The summed E-state index contributed by atoms with van der Waals surface area (Å²) in [7, 11) is 1.87. The van der Waals surface area contributed by atoms with E-state index in [-0.39, 0.29) is 0 Å². The highest BCUT2D eigenvalue weighted by Crippen LogP contribution is 2.28. The van der Waals surface area contributed by atoms with Crippen LogP contribution >= 0.6 is 0 Å². The number of aromatic nitrogens is 2. The van der Waals surface area contributed by atoms with Gasteiger partial charge in [0, 0.05) is 25.4 Å². The van der Waals surface area contributed by atoms with Crippen molar-refractivity contribution < 1.29 is 5.11 Å². The van der Waals surface area contributed by atoms with E-state index in [1.54, 1.807) is 10.9 Å². The molecule has 108 valence electrons. The van der Waals surface area contributed by atoms with Crippen LogP contribution < -0.4 is 5.32 Å². The second kappa shape index (κ2) is 6.06. The summed E-state index contributed by atoms with van der Waals surface area (Å²) in [6.45, 7) is 5.80. The Morgan fingerprint density at radius 2 is 2.11 bits per heavy atom. The summed E-state index contributed by atoms with van der Waals surface area (Å²) < 4.78 is 1.73. The Morgan fingerprint density at radius 3 is 2.68 bits per heavy atom. The van der Waals surface area contributed by atoms with Crippen LogP contribution in [-0.4, -0.2) is 28.0 Å². The summed E-state index contributed by atoms with van der Waals surface area (Å²) in [6, 6.07) is 0. The van der Waals surface area contributed by atoms with Crippen molar-refractivity contribution in [1.29, 1.82) is 0 Å². The van der Waals surface area contributed by atoms with Crippen LogP contribution in [0.3, 0.4) is 0 Å². The number of hydrogen-bond donors (Lipinski definition) is 2. The monoisotopic (exact) mass is 265 g/mol. The molecule has 19 heavy (non-hydrogen) atoms. The zero-order valence-corrected chi connectivity index (χ0v) is 12.4. The van der Waals surface area contributed by atoms with E-state index in [2.05, 4.69) is 17.3 Å². The molecule has 1 aliphatic carbocycles. The highest BCUT2D eigenvalue weighted by Gasteiger charge is 2.25. The van der Waals surface area contributed by atoms with Crippen LogP contribution in [0, 0.1) is 11.8 Å². The molecule has 0 aliphatic heterocycles. The normalized spacial score (nSPS) is 27.2. The standard InChI is InChI=1S/C15H27N3O/c1-12-4-6-13(7-5-12)8-16-11-15(2,19)14-9-17-18(3)10-14/h9-10,12-13,16,19H,4-8,11H2,1-3H3. The van der Waals surface area contributed by atoms with Crippen molar-refractivity contribution in [2.24, 2.45) is 18.9 Å². The van der Waals surface area contributed by atoms with Crippen molar-refractivity contribution in [2.75, 3.05) is 13.1 Å². The van der Waals surface area contributed by atoms with Gasteiger partial charge in [-0.3, -0.25) is 4.68 Å². The van der Waals surface area contributed by atoms with Gasteiger partial charge in [0.2, 0.25) is 0 Å². The van der Waals surface area contributed by atoms with Gasteiger partial charge in [-0.05, 0) is 38.1 Å². The second-order valence-corrected chi connectivity index (χ2v) is 6.43. The summed E-state index contributed by atoms with van der Waals surface area (Å²) in [5.41, 5.74) is 0.0377. The summed E-state index contributed by atoms with van der Waals surface area (Å²) in [4.78, 5) is 0. The Hall–Kier alpha value is -0.870. The van der Waals surface area contributed by atoms with Crippen LogP contribution in [0.25, 0.3) is 0 Å². The number of nitrogens with zero attached hydrogens (tertiary/aromatic N) is 2. The molecule has 0 amide bonds. The fourth-order valence-corrected chi connectivity index (χ4v) is 2.85. The van der Waals surface area contributed by atoms with Gasteiger partial charge in [0.15, 0.2) is 0 Å². The van der Waals surface area contributed by atoms with E-state index in [9.17, 15) is 5.11 Å². The Bertz CT molecular complexity index is 392. The topological polar surface area (TPSA) is 50.1 Å². The van der Waals surface area contributed by atoms with Gasteiger partial charge in [-0.15, -0.1) is 0 Å². The summed E-state index contributed by atoms with van der Waals surface area (Å²) >= 11 is 0. The first-order chi connectivity index (χ1) is 8.97. The van der Waals surface area contributed by atoms with E-state index in [0.717, 1.165) is 23.9 Å². The molecule has 0 bridgehead atoms. The van der Waals surface area contributed by atoms with Gasteiger partial charge < -0.3 is 10.4 Å². The van der Waals surface area contributed by atoms with Gasteiger partial charge >= 0.3 is 0 Å². The molecule has 0 saturated heterocycles. The van der Waals surface area contributed by atoms with Crippen LogP contribution in [0.5, 0.6) is 0 Å². The zero-order chi connectivity index (χ0) is 13.9. The van der Waals surface area contributed by atoms with Gasteiger partial charge in [0.25, 0.3) is 0 Å². The van der Waals surface area contributed by atoms with Crippen LogP contribution in [-0.2, 0) is 12.6 Å². The number of aliphatic hydroxyl groups is 1. The molecular weight excluding hydrogens is 238 g/mol. The molecule has 1 aliphatic rings. The van der Waals surface area contributed by atoms with Crippen LogP contribution in [0.4, 0.5) is 0 Å². The molecule has 1 heterocycles. The van der Waals surface area contributed by atoms with E-state index in [1.165, 1.54) is 25.7 Å². The Labute approximate surface area is 116 Å². The van der Waals surface area contributed by atoms with E-state index < -0.39 is 5.60 Å². The zero-order valence-electron chi connectivity index (χ0n) is 12.4. The van der Waals surface area contributed by atoms with Gasteiger partial charge in [0.1, 0.15) is 5.60 Å². The molecule has 1 atom stereocenters. The molecule has 1 unspecified atom stereocenters. The number of aryl methyl sites for hydroxylation is 1. The third-order valence-electron chi connectivity index (χ3n) is 4.36. The minimum absolute atomic E-state index is 0.588. The third kappa shape index (κ3) is 4.05. The Morgan fingerprint density at radius 1 is 1.42 bits per heavy atom. The molecule has 0 radical (unpaired) electrons. The maximum absolute atomic E-state index is 10.5. The third-order valence-corrected chi connectivity index (χ3v) is 4.36. The van der Waals surface area contributed by atoms with Crippen molar-refractivity contribution in [2.45, 2.75) is 45.1 Å². The number of nitrogens with one attached hydrogen (secondary N) is 1. The lowest BCUT2D eigenvalue weighted by Crippen LogP contribution is -2.38. The molecule has 2 N–H and O–H groups in total. The van der Waals surface area contributed by atoms with Crippen molar-refractivity contribution in [3.63, 3.8) is 0 Å². The van der Waals surface area contributed by atoms with Gasteiger partial charge in [-0.2, -0.15) is 5.10 Å². The first kappa shape index (κ1) is 14.5. The highest BCUT2D eigenvalue weighted by molar-refractivity contribution is 5.14. The lowest BCUT2D eigenvalue weighted by Gasteiger charge is -2.28. The predicted molar refractivity (Wildman–Crippen MR) is 76.8 cm³/mol. The quantitative estimate of drug-likeness (QED) is 0.856. The molecule has 1 saturated carbocycles. The fourth-order valence-electron chi connectivity index (χ4n) is 2.85. The number of rotatable bonds is 5. The lowest BCUT2D eigenvalue weighted by atomic mass is 9.83. The minimum atomic E-state index is -0.837. The average Bonchev–Trinajstić information content (AvgIpc) is 2.79. The largest absolute Gasteiger partial charge is 0.384 e. The van der Waals surface area contributed by atoms with Gasteiger partial charge in [0.05, 0.1) is 6.20 Å². The highest BCUT2D eigenvalue weighted by atomic mass is 16.3. The summed E-state index contributed by atoms with van der Waals surface area (Å²) in [6.07, 6.45) is 8.97. The average molecular weight is 265 g/mol.